The van der Waals surface area contributed by atoms with Gasteiger partial charge in [-0.1, -0.05) is 18.6 Å². The maximum Gasteiger partial charge on any atom is 0.308 e. The molecule has 3 rings (SSSR count). The van der Waals surface area contributed by atoms with Crippen molar-refractivity contribution in [3.8, 4) is 0 Å². The van der Waals surface area contributed by atoms with Gasteiger partial charge < -0.3 is 15.0 Å². The van der Waals surface area contributed by atoms with Gasteiger partial charge in [0.05, 0.1) is 23.9 Å². The van der Waals surface area contributed by atoms with Crippen molar-refractivity contribution in [2.24, 2.45) is 5.92 Å². The molecule has 1 saturated carbocycles. The lowest BCUT2D eigenvalue weighted by molar-refractivity contribution is -0.151. The zero-order chi connectivity index (χ0) is 16.4. The molecule has 1 aromatic carbocycles. The maximum absolute atomic E-state index is 12.7. The zero-order valence-corrected chi connectivity index (χ0v) is 13.8. The van der Waals surface area contributed by atoms with E-state index in [1.165, 1.54) is 0 Å². The van der Waals surface area contributed by atoms with Crippen molar-refractivity contribution < 1.29 is 14.3 Å². The van der Waals surface area contributed by atoms with Crippen LogP contribution < -0.4 is 10.2 Å². The molecule has 1 N–H and O–H groups in total. The van der Waals surface area contributed by atoms with Crippen LogP contribution in [0.1, 0.15) is 39.5 Å². The van der Waals surface area contributed by atoms with E-state index in [4.69, 9.17) is 4.74 Å². The van der Waals surface area contributed by atoms with Gasteiger partial charge >= 0.3 is 5.97 Å². The normalized spacial score (nSPS) is 19.6. The van der Waals surface area contributed by atoms with Gasteiger partial charge in [0, 0.05) is 6.54 Å². The van der Waals surface area contributed by atoms with Crippen molar-refractivity contribution >= 4 is 23.3 Å². The summed E-state index contributed by atoms with van der Waals surface area (Å²) < 4.78 is 5.32. The summed E-state index contributed by atoms with van der Waals surface area (Å²) in [5.74, 6) is 0.0700. The molecule has 1 aliphatic heterocycles. The lowest BCUT2D eigenvalue weighted by Crippen LogP contribution is -2.54. The van der Waals surface area contributed by atoms with E-state index in [9.17, 15) is 9.59 Å². The summed E-state index contributed by atoms with van der Waals surface area (Å²) in [6, 6.07) is 7.80. The predicted molar refractivity (Wildman–Crippen MR) is 89.4 cm³/mol. The van der Waals surface area contributed by atoms with Crippen LogP contribution in [0.25, 0.3) is 0 Å². The number of carbonyl (C=O) groups excluding carboxylic acids is 2. The van der Waals surface area contributed by atoms with Crippen LogP contribution in [0, 0.1) is 5.92 Å². The smallest absolute Gasteiger partial charge is 0.308 e. The Balaban J connectivity index is 1.59. The number of esters is 1. The number of ether oxygens (including phenoxy) is 1. The van der Waals surface area contributed by atoms with Crippen LogP contribution in [0.2, 0.25) is 0 Å². The van der Waals surface area contributed by atoms with Gasteiger partial charge in [0.25, 0.3) is 5.91 Å². The summed E-state index contributed by atoms with van der Waals surface area (Å²) in [4.78, 5) is 26.2. The number of anilines is 2. The van der Waals surface area contributed by atoms with Crippen LogP contribution in [0.4, 0.5) is 11.4 Å². The van der Waals surface area contributed by atoms with Gasteiger partial charge in [-0.2, -0.15) is 0 Å². The van der Waals surface area contributed by atoms with Gasteiger partial charge in [-0.05, 0) is 45.2 Å². The van der Waals surface area contributed by atoms with Crippen LogP contribution in [0.3, 0.4) is 0 Å². The second kappa shape index (κ2) is 6.22. The van der Waals surface area contributed by atoms with Crippen LogP contribution in [-0.4, -0.2) is 30.6 Å². The lowest BCUT2D eigenvalue weighted by atomic mass is 9.86. The van der Waals surface area contributed by atoms with E-state index in [0.29, 0.717) is 19.6 Å². The number of carbonyl (C=O) groups is 2. The van der Waals surface area contributed by atoms with E-state index >= 15 is 0 Å². The number of fused-ring (bicyclic) bond motifs is 1. The van der Waals surface area contributed by atoms with Crippen molar-refractivity contribution in [3.05, 3.63) is 24.3 Å². The molecule has 0 bridgehead atoms. The second-order valence-electron chi connectivity index (χ2n) is 6.87. The molecule has 1 aromatic rings. The molecular weight excluding hydrogens is 292 g/mol. The number of nitrogens with one attached hydrogen (secondary N) is 1. The molecule has 2 aliphatic rings. The molecule has 1 fully saturated rings. The minimum absolute atomic E-state index is 0.0431. The molecule has 5 nitrogen and oxygen atoms in total. The Morgan fingerprint density at radius 3 is 2.78 bits per heavy atom. The Morgan fingerprint density at radius 1 is 1.35 bits per heavy atom. The third-order valence-electron chi connectivity index (χ3n) is 4.63. The summed E-state index contributed by atoms with van der Waals surface area (Å²) >= 11 is 0. The average molecular weight is 316 g/mol. The summed E-state index contributed by atoms with van der Waals surface area (Å²) in [6.45, 7) is 4.69. The van der Waals surface area contributed by atoms with Crippen LogP contribution in [0.5, 0.6) is 0 Å². The number of para-hydroxylation sites is 2. The minimum Gasteiger partial charge on any atom is -0.465 e. The summed E-state index contributed by atoms with van der Waals surface area (Å²) in [5, 5.41) is 3.28. The van der Waals surface area contributed by atoms with E-state index in [-0.39, 0.29) is 17.8 Å². The fraction of sp³-hybridized carbons (Fsp3) is 0.556. The quantitative estimate of drug-likeness (QED) is 0.670. The van der Waals surface area contributed by atoms with E-state index in [1.807, 2.05) is 38.1 Å². The topological polar surface area (TPSA) is 58.6 Å². The van der Waals surface area contributed by atoms with Crippen LogP contribution >= 0.6 is 0 Å². The molecule has 0 spiro atoms. The Morgan fingerprint density at radius 2 is 2.09 bits per heavy atom. The molecule has 5 heteroatoms. The highest BCUT2D eigenvalue weighted by Gasteiger charge is 2.38. The highest BCUT2D eigenvalue weighted by Crippen LogP contribution is 2.35. The first-order chi connectivity index (χ1) is 11.0. The molecule has 1 aliphatic carbocycles. The predicted octanol–water partition coefficient (Wildman–Crippen LogP) is 2.96. The van der Waals surface area contributed by atoms with Crippen molar-refractivity contribution in [1.82, 2.24) is 0 Å². The number of rotatable bonds is 5. The Kier molecular flexibility index (Phi) is 4.28. The van der Waals surface area contributed by atoms with E-state index < -0.39 is 5.54 Å². The first-order valence-corrected chi connectivity index (χ1v) is 8.35. The van der Waals surface area contributed by atoms with E-state index in [2.05, 4.69) is 5.32 Å². The monoisotopic (exact) mass is 316 g/mol. The molecule has 0 atom stereocenters. The summed E-state index contributed by atoms with van der Waals surface area (Å²) in [5.41, 5.74) is 1.22. The first kappa shape index (κ1) is 15.8. The molecular formula is C18H24N2O3. The number of benzene rings is 1. The lowest BCUT2D eigenvalue weighted by Gasteiger charge is -2.40. The number of nitrogens with zero attached hydrogens (tertiary/aromatic N) is 1. The SMILES string of the molecule is CC1(C)Nc2ccccc2N(CCCOC(=O)C2CCC2)C1=O. The molecule has 0 saturated heterocycles. The first-order valence-electron chi connectivity index (χ1n) is 8.35. The average Bonchev–Trinajstić information content (AvgIpc) is 2.45. The number of hydrogen-bond acceptors (Lipinski definition) is 4. The van der Waals surface area contributed by atoms with Crippen molar-refractivity contribution in [2.75, 3.05) is 23.4 Å². The van der Waals surface area contributed by atoms with Crippen molar-refractivity contribution in [3.63, 3.8) is 0 Å². The van der Waals surface area contributed by atoms with Crippen LogP contribution in [0.15, 0.2) is 24.3 Å². The Labute approximate surface area is 137 Å². The van der Waals surface area contributed by atoms with Crippen LogP contribution in [-0.2, 0) is 14.3 Å². The highest BCUT2D eigenvalue weighted by molar-refractivity contribution is 6.07. The van der Waals surface area contributed by atoms with E-state index in [1.54, 1.807) is 4.90 Å². The largest absolute Gasteiger partial charge is 0.465 e. The molecule has 124 valence electrons. The molecule has 0 radical (unpaired) electrons. The van der Waals surface area contributed by atoms with E-state index in [0.717, 1.165) is 30.6 Å². The standard InChI is InChI=1S/C18H24N2O3/c1-18(2)17(22)20(15-10-4-3-9-14(15)19-18)11-6-12-23-16(21)13-7-5-8-13/h3-4,9-10,13,19H,5-8,11-12H2,1-2H3. The molecule has 1 amide bonds. The molecule has 0 aromatic heterocycles. The van der Waals surface area contributed by atoms with Crippen molar-refractivity contribution in [1.29, 1.82) is 0 Å². The molecule has 1 heterocycles. The van der Waals surface area contributed by atoms with Crippen molar-refractivity contribution in [2.45, 2.75) is 45.1 Å². The third kappa shape index (κ3) is 3.19. The number of amides is 1. The number of hydrogen-bond donors (Lipinski definition) is 1. The maximum atomic E-state index is 12.7. The Bertz CT molecular complexity index is 608. The minimum atomic E-state index is -0.628. The molecule has 0 unspecified atom stereocenters. The highest BCUT2D eigenvalue weighted by atomic mass is 16.5. The van der Waals surface area contributed by atoms with Gasteiger partial charge in [0.1, 0.15) is 5.54 Å². The fourth-order valence-corrected chi connectivity index (χ4v) is 3.03. The summed E-state index contributed by atoms with van der Waals surface area (Å²) in [6.07, 6.45) is 3.68. The summed E-state index contributed by atoms with van der Waals surface area (Å²) in [7, 11) is 0. The van der Waals surface area contributed by atoms with Gasteiger partial charge in [-0.15, -0.1) is 0 Å². The van der Waals surface area contributed by atoms with Gasteiger partial charge in [0.2, 0.25) is 0 Å². The fourth-order valence-electron chi connectivity index (χ4n) is 3.03. The zero-order valence-electron chi connectivity index (χ0n) is 13.8. The Hall–Kier alpha value is -2.04. The third-order valence-corrected chi connectivity index (χ3v) is 4.63. The molecule has 23 heavy (non-hydrogen) atoms. The van der Waals surface area contributed by atoms with Gasteiger partial charge in [-0.25, -0.2) is 0 Å². The second-order valence-corrected chi connectivity index (χ2v) is 6.87. The van der Waals surface area contributed by atoms with Gasteiger partial charge in [-0.3, -0.25) is 9.59 Å². The van der Waals surface area contributed by atoms with Gasteiger partial charge in [0.15, 0.2) is 0 Å².